The Morgan fingerprint density at radius 1 is 1.03 bits per heavy atom. The van der Waals surface area contributed by atoms with Crippen LogP contribution in [-0.4, -0.2) is 15.7 Å². The molecule has 0 unspecified atom stereocenters. The summed E-state index contributed by atoms with van der Waals surface area (Å²) in [5.41, 5.74) is 4.52. The van der Waals surface area contributed by atoms with E-state index in [1.54, 1.807) is 12.3 Å². The number of nitrogens with one attached hydrogen (secondary N) is 1. The highest BCUT2D eigenvalue weighted by Crippen LogP contribution is 2.24. The van der Waals surface area contributed by atoms with E-state index in [1.165, 1.54) is 11.1 Å². The average molecular weight is 476 g/mol. The highest BCUT2D eigenvalue weighted by molar-refractivity contribution is 9.10. The SMILES string of the molecule is Cc1cccc(Cn2cc(NC(=O)c3cccc(COc4ccccc4Br)c3)cn2)c1. The molecule has 5 nitrogen and oxygen atoms in total. The van der Waals surface area contributed by atoms with Crippen LogP contribution in [0.4, 0.5) is 5.69 Å². The number of benzene rings is 3. The number of aromatic nitrogens is 2. The second-order valence-corrected chi connectivity index (χ2v) is 8.14. The van der Waals surface area contributed by atoms with Gasteiger partial charge in [0.1, 0.15) is 12.4 Å². The Balaban J connectivity index is 1.38. The Morgan fingerprint density at radius 2 is 1.84 bits per heavy atom. The number of amides is 1. The summed E-state index contributed by atoms with van der Waals surface area (Å²) in [6.07, 6.45) is 3.49. The molecule has 1 heterocycles. The molecule has 0 aliphatic rings. The average Bonchev–Trinajstić information content (AvgIpc) is 3.20. The smallest absolute Gasteiger partial charge is 0.255 e. The summed E-state index contributed by atoms with van der Waals surface area (Å²) >= 11 is 3.47. The van der Waals surface area contributed by atoms with Gasteiger partial charge in [-0.25, -0.2) is 0 Å². The normalized spacial score (nSPS) is 10.6. The van der Waals surface area contributed by atoms with Crippen molar-refractivity contribution < 1.29 is 9.53 Å². The third kappa shape index (κ3) is 5.61. The van der Waals surface area contributed by atoms with Crippen molar-refractivity contribution in [1.82, 2.24) is 9.78 Å². The molecule has 0 aliphatic carbocycles. The fourth-order valence-corrected chi connectivity index (χ4v) is 3.64. The van der Waals surface area contributed by atoms with Gasteiger partial charge >= 0.3 is 0 Å². The fourth-order valence-electron chi connectivity index (χ4n) is 3.24. The second-order valence-electron chi connectivity index (χ2n) is 7.29. The number of rotatable bonds is 7. The van der Waals surface area contributed by atoms with Crippen LogP contribution < -0.4 is 10.1 Å². The standard InChI is InChI=1S/C25H22BrN3O2/c1-18-6-4-7-19(12-18)15-29-16-22(14-27-29)28-25(30)21-9-5-8-20(13-21)17-31-24-11-3-2-10-23(24)26/h2-14,16H,15,17H2,1H3,(H,28,30). The van der Waals surface area contributed by atoms with Gasteiger partial charge in [-0.05, 0) is 58.2 Å². The lowest BCUT2D eigenvalue weighted by Gasteiger charge is -2.09. The summed E-state index contributed by atoms with van der Waals surface area (Å²) in [6.45, 7) is 3.09. The number of ether oxygens (including phenoxy) is 1. The van der Waals surface area contributed by atoms with E-state index in [2.05, 4.69) is 51.5 Å². The van der Waals surface area contributed by atoms with Gasteiger partial charge < -0.3 is 10.1 Å². The molecule has 1 N–H and O–H groups in total. The molecule has 0 radical (unpaired) electrons. The van der Waals surface area contributed by atoms with Crippen molar-refractivity contribution >= 4 is 27.5 Å². The number of hydrogen-bond donors (Lipinski definition) is 1. The third-order valence-corrected chi connectivity index (χ3v) is 5.39. The topological polar surface area (TPSA) is 56.2 Å². The Labute approximate surface area is 189 Å². The quantitative estimate of drug-likeness (QED) is 0.365. The number of nitrogens with zero attached hydrogens (tertiary/aromatic N) is 2. The van der Waals surface area contributed by atoms with Gasteiger partial charge in [0.15, 0.2) is 0 Å². The number of hydrogen-bond acceptors (Lipinski definition) is 3. The van der Waals surface area contributed by atoms with Crippen LogP contribution in [0.1, 0.15) is 27.0 Å². The largest absolute Gasteiger partial charge is 0.488 e. The van der Waals surface area contributed by atoms with E-state index in [0.29, 0.717) is 24.4 Å². The maximum Gasteiger partial charge on any atom is 0.255 e. The minimum atomic E-state index is -0.183. The van der Waals surface area contributed by atoms with E-state index in [1.807, 2.05) is 59.4 Å². The predicted molar refractivity (Wildman–Crippen MR) is 125 cm³/mol. The molecule has 3 aromatic carbocycles. The molecule has 4 aromatic rings. The minimum Gasteiger partial charge on any atom is -0.488 e. The Kier molecular flexibility index (Phi) is 6.48. The Bertz CT molecular complexity index is 1200. The van der Waals surface area contributed by atoms with Gasteiger partial charge in [0.25, 0.3) is 5.91 Å². The van der Waals surface area contributed by atoms with Crippen molar-refractivity contribution in [3.63, 3.8) is 0 Å². The Morgan fingerprint density at radius 3 is 2.68 bits per heavy atom. The number of halogens is 1. The number of para-hydroxylation sites is 1. The molecule has 1 aromatic heterocycles. The van der Waals surface area contributed by atoms with Crippen LogP contribution in [-0.2, 0) is 13.2 Å². The van der Waals surface area contributed by atoms with Gasteiger partial charge in [-0.1, -0.05) is 54.1 Å². The number of carbonyl (C=O) groups is 1. The van der Waals surface area contributed by atoms with Gasteiger partial charge in [0.05, 0.1) is 22.9 Å². The van der Waals surface area contributed by atoms with Gasteiger partial charge in [0, 0.05) is 11.8 Å². The van der Waals surface area contributed by atoms with Crippen molar-refractivity contribution in [3.05, 3.63) is 112 Å². The second kappa shape index (κ2) is 9.62. The van der Waals surface area contributed by atoms with Crippen molar-refractivity contribution in [1.29, 1.82) is 0 Å². The van der Waals surface area contributed by atoms with Crippen LogP contribution in [0, 0.1) is 6.92 Å². The van der Waals surface area contributed by atoms with E-state index in [-0.39, 0.29) is 5.91 Å². The van der Waals surface area contributed by atoms with Crippen LogP contribution in [0.15, 0.2) is 89.7 Å². The molecule has 1 amide bonds. The van der Waals surface area contributed by atoms with Crippen LogP contribution >= 0.6 is 15.9 Å². The zero-order valence-corrected chi connectivity index (χ0v) is 18.7. The molecule has 6 heteroatoms. The van der Waals surface area contributed by atoms with E-state index in [4.69, 9.17) is 4.74 Å². The highest BCUT2D eigenvalue weighted by atomic mass is 79.9. The number of aryl methyl sites for hydroxylation is 1. The molecule has 156 valence electrons. The molecular weight excluding hydrogens is 454 g/mol. The lowest BCUT2D eigenvalue weighted by Crippen LogP contribution is -2.12. The summed E-state index contributed by atoms with van der Waals surface area (Å²) in [4.78, 5) is 12.7. The van der Waals surface area contributed by atoms with Crippen molar-refractivity contribution in [3.8, 4) is 5.75 Å². The van der Waals surface area contributed by atoms with Gasteiger partial charge in [-0.3, -0.25) is 9.48 Å². The maximum atomic E-state index is 12.7. The summed E-state index contributed by atoms with van der Waals surface area (Å²) in [7, 11) is 0. The molecule has 0 aliphatic heterocycles. The minimum absolute atomic E-state index is 0.183. The lowest BCUT2D eigenvalue weighted by molar-refractivity contribution is 0.102. The molecule has 4 rings (SSSR count). The van der Waals surface area contributed by atoms with E-state index < -0.39 is 0 Å². The van der Waals surface area contributed by atoms with Crippen molar-refractivity contribution in [2.75, 3.05) is 5.32 Å². The third-order valence-electron chi connectivity index (χ3n) is 4.74. The summed E-state index contributed by atoms with van der Waals surface area (Å²) in [5, 5.41) is 7.27. The summed E-state index contributed by atoms with van der Waals surface area (Å²) in [5.74, 6) is 0.580. The predicted octanol–water partition coefficient (Wildman–Crippen LogP) is 5.83. The molecule has 0 saturated heterocycles. The first-order valence-corrected chi connectivity index (χ1v) is 10.7. The zero-order chi connectivity index (χ0) is 21.6. The maximum absolute atomic E-state index is 12.7. The van der Waals surface area contributed by atoms with Crippen LogP contribution in [0.3, 0.4) is 0 Å². The highest BCUT2D eigenvalue weighted by Gasteiger charge is 2.09. The first-order chi connectivity index (χ1) is 15.1. The van der Waals surface area contributed by atoms with Crippen LogP contribution in [0.25, 0.3) is 0 Å². The monoisotopic (exact) mass is 475 g/mol. The van der Waals surface area contributed by atoms with Crippen LogP contribution in [0.2, 0.25) is 0 Å². The first kappa shape index (κ1) is 20.9. The molecule has 0 atom stereocenters. The van der Waals surface area contributed by atoms with Crippen molar-refractivity contribution in [2.45, 2.75) is 20.1 Å². The molecule has 31 heavy (non-hydrogen) atoms. The van der Waals surface area contributed by atoms with E-state index in [9.17, 15) is 4.79 Å². The number of carbonyl (C=O) groups excluding carboxylic acids is 1. The van der Waals surface area contributed by atoms with Gasteiger partial charge in [-0.15, -0.1) is 0 Å². The molecule has 0 saturated carbocycles. The van der Waals surface area contributed by atoms with Crippen LogP contribution in [0.5, 0.6) is 5.75 Å². The molecule has 0 fully saturated rings. The van der Waals surface area contributed by atoms with Crippen molar-refractivity contribution in [2.24, 2.45) is 0 Å². The fraction of sp³-hybridized carbons (Fsp3) is 0.120. The van der Waals surface area contributed by atoms with E-state index in [0.717, 1.165) is 15.8 Å². The zero-order valence-electron chi connectivity index (χ0n) is 17.1. The van der Waals surface area contributed by atoms with Gasteiger partial charge in [-0.2, -0.15) is 5.10 Å². The first-order valence-electron chi connectivity index (χ1n) is 9.92. The molecule has 0 bridgehead atoms. The molecule has 0 spiro atoms. The summed E-state index contributed by atoms with van der Waals surface area (Å²) in [6, 6.07) is 23.4. The Hall–Kier alpha value is -3.38. The number of anilines is 1. The van der Waals surface area contributed by atoms with Gasteiger partial charge in [0.2, 0.25) is 0 Å². The van der Waals surface area contributed by atoms with E-state index >= 15 is 0 Å². The lowest BCUT2D eigenvalue weighted by atomic mass is 10.1. The summed E-state index contributed by atoms with van der Waals surface area (Å²) < 4.78 is 8.56. The molecular formula is C25H22BrN3O2.